The van der Waals surface area contributed by atoms with Gasteiger partial charge in [-0.25, -0.2) is 4.39 Å². The fourth-order valence-corrected chi connectivity index (χ4v) is 3.08. The number of carbonyl (C=O) groups is 2. The molecule has 0 saturated carbocycles. The fraction of sp³-hybridized carbons (Fsp3) is 0.286. The molecule has 0 aliphatic heterocycles. The Balaban J connectivity index is 2.38. The Morgan fingerprint density at radius 1 is 1.33 bits per heavy atom. The standard InChI is InChI=1S/C14H14FNO4S/c1-19-7-8-12-9(15)4-3-5-10(12)21-13(8)14(18)16-6-11(17)20-2/h3-5H,6-7H2,1-2H3,(H,16,18). The minimum Gasteiger partial charge on any atom is -0.468 e. The zero-order valence-electron chi connectivity index (χ0n) is 11.6. The van der Waals surface area contributed by atoms with Crippen molar-refractivity contribution in [3.05, 3.63) is 34.5 Å². The Hall–Kier alpha value is -1.99. The van der Waals surface area contributed by atoms with Crippen LogP contribution in [0.3, 0.4) is 0 Å². The molecular formula is C14H14FNO4S. The topological polar surface area (TPSA) is 64.6 Å². The van der Waals surface area contributed by atoms with Crippen LogP contribution in [-0.4, -0.2) is 32.6 Å². The number of amides is 1. The number of thiophene rings is 1. The van der Waals surface area contributed by atoms with Crippen LogP contribution >= 0.6 is 11.3 Å². The predicted octanol–water partition coefficient (Wildman–Crippen LogP) is 2.09. The van der Waals surface area contributed by atoms with E-state index in [1.165, 1.54) is 20.3 Å². The lowest BCUT2D eigenvalue weighted by molar-refractivity contribution is -0.139. The highest BCUT2D eigenvalue weighted by Gasteiger charge is 2.21. The molecule has 5 nitrogen and oxygen atoms in total. The third-order valence-corrected chi connectivity index (χ3v) is 4.08. The number of methoxy groups -OCH3 is 2. The summed E-state index contributed by atoms with van der Waals surface area (Å²) in [6.07, 6.45) is 0. The Bertz CT molecular complexity index is 683. The van der Waals surface area contributed by atoms with Crippen LogP contribution in [0.5, 0.6) is 0 Å². The summed E-state index contributed by atoms with van der Waals surface area (Å²) < 4.78 is 24.1. The van der Waals surface area contributed by atoms with Crippen LogP contribution in [-0.2, 0) is 20.9 Å². The largest absolute Gasteiger partial charge is 0.468 e. The lowest BCUT2D eigenvalue weighted by Crippen LogP contribution is -2.30. The van der Waals surface area contributed by atoms with Crippen molar-refractivity contribution in [2.45, 2.75) is 6.61 Å². The van der Waals surface area contributed by atoms with Gasteiger partial charge in [0, 0.05) is 22.8 Å². The molecule has 1 heterocycles. The van der Waals surface area contributed by atoms with Crippen LogP contribution in [0.25, 0.3) is 10.1 Å². The second-order valence-corrected chi connectivity index (χ2v) is 5.27. The highest BCUT2D eigenvalue weighted by molar-refractivity contribution is 7.21. The van der Waals surface area contributed by atoms with Crippen molar-refractivity contribution >= 4 is 33.3 Å². The summed E-state index contributed by atoms with van der Waals surface area (Å²) in [7, 11) is 2.71. The maximum atomic E-state index is 14.0. The van der Waals surface area contributed by atoms with Crippen molar-refractivity contribution in [3.8, 4) is 0 Å². The molecule has 0 unspecified atom stereocenters. The minimum absolute atomic E-state index is 0.113. The quantitative estimate of drug-likeness (QED) is 0.859. The molecule has 0 fully saturated rings. The van der Waals surface area contributed by atoms with Crippen LogP contribution < -0.4 is 5.32 Å². The summed E-state index contributed by atoms with van der Waals surface area (Å²) >= 11 is 1.16. The lowest BCUT2D eigenvalue weighted by Gasteiger charge is -2.05. The molecule has 0 bridgehead atoms. The van der Waals surface area contributed by atoms with Crippen molar-refractivity contribution in [1.82, 2.24) is 5.32 Å². The molecule has 0 radical (unpaired) electrons. The smallest absolute Gasteiger partial charge is 0.325 e. The summed E-state index contributed by atoms with van der Waals surface area (Å²) in [4.78, 5) is 23.6. The van der Waals surface area contributed by atoms with Gasteiger partial charge in [0.2, 0.25) is 0 Å². The van der Waals surface area contributed by atoms with E-state index in [4.69, 9.17) is 4.74 Å². The first-order chi connectivity index (χ1) is 10.1. The van der Waals surface area contributed by atoms with E-state index < -0.39 is 17.7 Å². The number of esters is 1. The Labute approximate surface area is 124 Å². The maximum Gasteiger partial charge on any atom is 0.325 e. The molecule has 0 saturated heterocycles. The van der Waals surface area contributed by atoms with E-state index >= 15 is 0 Å². The number of ether oxygens (including phenoxy) is 2. The molecular weight excluding hydrogens is 297 g/mol. The third-order valence-electron chi connectivity index (χ3n) is 2.88. The van der Waals surface area contributed by atoms with E-state index in [-0.39, 0.29) is 13.2 Å². The predicted molar refractivity (Wildman–Crippen MR) is 76.8 cm³/mol. The summed E-state index contributed by atoms with van der Waals surface area (Å²) in [6, 6.07) is 4.66. The molecule has 112 valence electrons. The summed E-state index contributed by atoms with van der Waals surface area (Å²) in [5.74, 6) is -1.40. The Kier molecular flexibility index (Phi) is 4.87. The van der Waals surface area contributed by atoms with Crippen LogP contribution in [0.15, 0.2) is 18.2 Å². The van der Waals surface area contributed by atoms with Gasteiger partial charge in [0.05, 0.1) is 18.6 Å². The van der Waals surface area contributed by atoms with E-state index in [2.05, 4.69) is 10.1 Å². The number of hydrogen-bond donors (Lipinski definition) is 1. The monoisotopic (exact) mass is 311 g/mol. The van der Waals surface area contributed by atoms with Gasteiger partial charge in [-0.2, -0.15) is 0 Å². The number of fused-ring (bicyclic) bond motifs is 1. The molecule has 2 aromatic rings. The van der Waals surface area contributed by atoms with Crippen molar-refractivity contribution in [1.29, 1.82) is 0 Å². The van der Waals surface area contributed by atoms with Crippen LogP contribution in [0.1, 0.15) is 15.2 Å². The van der Waals surface area contributed by atoms with Gasteiger partial charge in [-0.05, 0) is 12.1 Å². The molecule has 1 aromatic carbocycles. The molecule has 0 spiro atoms. The van der Waals surface area contributed by atoms with Gasteiger partial charge < -0.3 is 14.8 Å². The number of nitrogens with one attached hydrogen (secondary N) is 1. The van der Waals surface area contributed by atoms with Gasteiger partial charge >= 0.3 is 5.97 Å². The first-order valence-electron chi connectivity index (χ1n) is 6.12. The SMILES string of the molecule is COCc1c(C(=O)NCC(=O)OC)sc2cccc(F)c12. The molecule has 0 aliphatic rings. The number of halogens is 1. The van der Waals surface area contributed by atoms with Gasteiger partial charge in [0.25, 0.3) is 5.91 Å². The third kappa shape index (κ3) is 3.20. The molecule has 0 aliphatic carbocycles. The second kappa shape index (κ2) is 6.64. The highest BCUT2D eigenvalue weighted by atomic mass is 32.1. The summed E-state index contributed by atoms with van der Waals surface area (Å²) in [5.41, 5.74) is 0.484. The zero-order chi connectivity index (χ0) is 15.4. The normalized spacial score (nSPS) is 10.6. The number of benzene rings is 1. The van der Waals surface area contributed by atoms with E-state index in [1.807, 2.05) is 0 Å². The Morgan fingerprint density at radius 2 is 2.10 bits per heavy atom. The highest BCUT2D eigenvalue weighted by Crippen LogP contribution is 2.33. The fourth-order valence-electron chi connectivity index (χ4n) is 1.94. The van der Waals surface area contributed by atoms with Crippen molar-refractivity contribution in [2.75, 3.05) is 20.8 Å². The summed E-state index contributed by atoms with van der Waals surface area (Å²) in [5, 5.41) is 2.83. The van der Waals surface area contributed by atoms with Crippen molar-refractivity contribution in [3.63, 3.8) is 0 Å². The van der Waals surface area contributed by atoms with Crippen LogP contribution in [0, 0.1) is 5.82 Å². The van der Waals surface area contributed by atoms with Gasteiger partial charge in [0.1, 0.15) is 12.4 Å². The molecule has 21 heavy (non-hydrogen) atoms. The number of carbonyl (C=O) groups excluding carboxylic acids is 2. The van der Waals surface area contributed by atoms with E-state index in [0.29, 0.717) is 20.5 Å². The molecule has 2 rings (SSSR count). The average Bonchev–Trinajstić information content (AvgIpc) is 2.85. The average molecular weight is 311 g/mol. The summed E-state index contributed by atoms with van der Waals surface area (Å²) in [6.45, 7) is -0.125. The molecule has 0 atom stereocenters. The van der Waals surface area contributed by atoms with E-state index in [1.54, 1.807) is 12.1 Å². The second-order valence-electron chi connectivity index (χ2n) is 4.21. The number of rotatable bonds is 5. The van der Waals surface area contributed by atoms with Gasteiger partial charge in [0.15, 0.2) is 0 Å². The van der Waals surface area contributed by atoms with Crippen molar-refractivity contribution < 1.29 is 23.5 Å². The molecule has 7 heteroatoms. The first-order valence-corrected chi connectivity index (χ1v) is 6.94. The van der Waals surface area contributed by atoms with Crippen molar-refractivity contribution in [2.24, 2.45) is 0 Å². The maximum absolute atomic E-state index is 14.0. The molecule has 1 aromatic heterocycles. The van der Waals surface area contributed by atoms with Gasteiger partial charge in [-0.3, -0.25) is 9.59 Å². The Morgan fingerprint density at radius 3 is 2.76 bits per heavy atom. The van der Waals surface area contributed by atoms with E-state index in [9.17, 15) is 14.0 Å². The molecule has 1 amide bonds. The lowest BCUT2D eigenvalue weighted by atomic mass is 10.1. The zero-order valence-corrected chi connectivity index (χ0v) is 12.4. The first kappa shape index (κ1) is 15.4. The van der Waals surface area contributed by atoms with Crippen LogP contribution in [0.2, 0.25) is 0 Å². The molecule has 1 N–H and O–H groups in total. The van der Waals surface area contributed by atoms with E-state index in [0.717, 1.165) is 11.3 Å². The van der Waals surface area contributed by atoms with Crippen LogP contribution in [0.4, 0.5) is 4.39 Å². The number of hydrogen-bond acceptors (Lipinski definition) is 5. The minimum atomic E-state index is -0.552. The van der Waals surface area contributed by atoms with Gasteiger partial charge in [-0.1, -0.05) is 6.07 Å². The van der Waals surface area contributed by atoms with Gasteiger partial charge in [-0.15, -0.1) is 11.3 Å².